The minimum atomic E-state index is -2.60. The first kappa shape index (κ1) is 14.2. The van der Waals surface area contributed by atoms with Crippen LogP contribution in [0.4, 0.5) is 20.2 Å². The third kappa shape index (κ3) is 3.87. The lowest BCUT2D eigenvalue weighted by Crippen LogP contribution is -2.24. The lowest BCUT2D eigenvalue weighted by atomic mass is 10.1. The van der Waals surface area contributed by atoms with Crippen molar-refractivity contribution in [3.05, 3.63) is 23.8 Å². The standard InChI is InChI=1S/C12H17F2N3O/c1-17(2)11(18)5-6-16-10-4-3-8(15)7-9(10)12(13)14/h3-4,7,12,16H,5-6,15H2,1-2H3. The summed E-state index contributed by atoms with van der Waals surface area (Å²) in [6.07, 6.45) is -2.35. The van der Waals surface area contributed by atoms with Crippen LogP contribution in [0, 0.1) is 0 Å². The summed E-state index contributed by atoms with van der Waals surface area (Å²) >= 11 is 0. The molecule has 0 bridgehead atoms. The normalized spacial score (nSPS) is 10.5. The second-order valence-corrected chi connectivity index (χ2v) is 4.11. The predicted octanol–water partition coefficient (Wildman–Crippen LogP) is 2.10. The van der Waals surface area contributed by atoms with Crippen LogP contribution < -0.4 is 11.1 Å². The number of hydrogen-bond donors (Lipinski definition) is 2. The molecule has 0 saturated carbocycles. The van der Waals surface area contributed by atoms with E-state index in [9.17, 15) is 13.6 Å². The third-order valence-electron chi connectivity index (χ3n) is 2.46. The molecule has 0 fully saturated rings. The predicted molar refractivity (Wildman–Crippen MR) is 67.6 cm³/mol. The van der Waals surface area contributed by atoms with Crippen LogP contribution in [0.5, 0.6) is 0 Å². The summed E-state index contributed by atoms with van der Waals surface area (Å²) in [6, 6.07) is 4.28. The number of amides is 1. The van der Waals surface area contributed by atoms with Gasteiger partial charge in [-0.2, -0.15) is 0 Å². The fraction of sp³-hybridized carbons (Fsp3) is 0.417. The first-order valence-electron chi connectivity index (χ1n) is 5.53. The quantitative estimate of drug-likeness (QED) is 0.794. The van der Waals surface area contributed by atoms with Gasteiger partial charge in [-0.1, -0.05) is 0 Å². The molecule has 1 aromatic rings. The Morgan fingerprint density at radius 3 is 2.67 bits per heavy atom. The summed E-state index contributed by atoms with van der Waals surface area (Å²) in [5.41, 5.74) is 5.92. The van der Waals surface area contributed by atoms with Crippen molar-refractivity contribution in [2.45, 2.75) is 12.8 Å². The summed E-state index contributed by atoms with van der Waals surface area (Å²) in [6.45, 7) is 0.306. The first-order valence-corrected chi connectivity index (χ1v) is 5.53. The smallest absolute Gasteiger partial charge is 0.265 e. The van der Waals surface area contributed by atoms with Gasteiger partial charge in [-0.15, -0.1) is 0 Å². The number of nitrogens with two attached hydrogens (primary N) is 1. The number of anilines is 2. The van der Waals surface area contributed by atoms with Crippen LogP contribution in [-0.4, -0.2) is 31.4 Å². The first-order chi connectivity index (χ1) is 8.41. The number of nitrogen functional groups attached to an aromatic ring is 1. The van der Waals surface area contributed by atoms with Crippen molar-refractivity contribution in [3.8, 4) is 0 Å². The van der Waals surface area contributed by atoms with Crippen LogP contribution in [0.2, 0.25) is 0 Å². The zero-order valence-electron chi connectivity index (χ0n) is 10.4. The summed E-state index contributed by atoms with van der Waals surface area (Å²) in [7, 11) is 3.30. The fourth-order valence-electron chi connectivity index (χ4n) is 1.45. The van der Waals surface area contributed by atoms with E-state index in [-0.39, 0.29) is 17.9 Å². The van der Waals surface area contributed by atoms with E-state index >= 15 is 0 Å². The van der Waals surface area contributed by atoms with E-state index in [0.717, 1.165) is 0 Å². The fourth-order valence-corrected chi connectivity index (χ4v) is 1.45. The number of carbonyl (C=O) groups excluding carboxylic acids is 1. The van der Waals surface area contributed by atoms with Gasteiger partial charge in [0.2, 0.25) is 5.91 Å². The van der Waals surface area contributed by atoms with E-state index in [1.54, 1.807) is 20.2 Å². The van der Waals surface area contributed by atoms with Gasteiger partial charge in [0.05, 0.1) is 0 Å². The van der Waals surface area contributed by atoms with Gasteiger partial charge in [0.1, 0.15) is 0 Å². The van der Waals surface area contributed by atoms with E-state index in [2.05, 4.69) is 5.32 Å². The lowest BCUT2D eigenvalue weighted by Gasteiger charge is -2.14. The van der Waals surface area contributed by atoms with Crippen molar-refractivity contribution in [3.63, 3.8) is 0 Å². The van der Waals surface area contributed by atoms with E-state index in [1.165, 1.54) is 17.0 Å². The Morgan fingerprint density at radius 2 is 2.11 bits per heavy atom. The number of carbonyl (C=O) groups is 1. The molecule has 1 aromatic carbocycles. The second kappa shape index (κ2) is 6.18. The molecule has 0 aliphatic heterocycles. The highest BCUT2D eigenvalue weighted by Crippen LogP contribution is 2.28. The molecule has 4 nitrogen and oxygen atoms in total. The van der Waals surface area contributed by atoms with Crippen molar-refractivity contribution in [1.29, 1.82) is 0 Å². The van der Waals surface area contributed by atoms with Gasteiger partial charge in [-0.05, 0) is 18.2 Å². The number of nitrogens with one attached hydrogen (secondary N) is 1. The van der Waals surface area contributed by atoms with Crippen LogP contribution in [0.15, 0.2) is 18.2 Å². The Balaban J connectivity index is 2.65. The molecule has 0 spiro atoms. The number of hydrogen-bond acceptors (Lipinski definition) is 3. The molecule has 1 amide bonds. The number of benzene rings is 1. The molecule has 1 rings (SSSR count). The monoisotopic (exact) mass is 257 g/mol. The van der Waals surface area contributed by atoms with Crippen molar-refractivity contribution in [1.82, 2.24) is 4.90 Å². The molecule has 18 heavy (non-hydrogen) atoms. The van der Waals surface area contributed by atoms with Crippen molar-refractivity contribution < 1.29 is 13.6 Å². The van der Waals surface area contributed by atoms with Crippen LogP contribution in [0.1, 0.15) is 18.4 Å². The SMILES string of the molecule is CN(C)C(=O)CCNc1ccc(N)cc1C(F)F. The molecular weight excluding hydrogens is 240 g/mol. The maximum atomic E-state index is 12.8. The number of halogens is 2. The van der Waals surface area contributed by atoms with Crippen molar-refractivity contribution >= 4 is 17.3 Å². The molecule has 0 unspecified atom stereocenters. The summed E-state index contributed by atoms with van der Waals surface area (Å²) in [5, 5.41) is 2.82. The second-order valence-electron chi connectivity index (χ2n) is 4.11. The summed E-state index contributed by atoms with van der Waals surface area (Å²) in [4.78, 5) is 12.8. The number of nitrogens with zero attached hydrogens (tertiary/aromatic N) is 1. The van der Waals surface area contributed by atoms with Gasteiger partial charge < -0.3 is 16.0 Å². The average molecular weight is 257 g/mol. The largest absolute Gasteiger partial charge is 0.399 e. The van der Waals surface area contributed by atoms with E-state index < -0.39 is 6.43 Å². The van der Waals surface area contributed by atoms with Crippen LogP contribution in [0.3, 0.4) is 0 Å². The molecule has 100 valence electrons. The van der Waals surface area contributed by atoms with Gasteiger partial charge in [0.15, 0.2) is 0 Å². The zero-order chi connectivity index (χ0) is 13.7. The highest BCUT2D eigenvalue weighted by atomic mass is 19.3. The Hall–Kier alpha value is -1.85. The Labute approximate surface area is 105 Å². The summed E-state index contributed by atoms with van der Waals surface area (Å²) in [5.74, 6) is -0.0588. The van der Waals surface area contributed by atoms with Crippen molar-refractivity contribution in [2.24, 2.45) is 0 Å². The molecule has 0 radical (unpaired) electrons. The molecule has 6 heteroatoms. The van der Waals surface area contributed by atoms with E-state index in [4.69, 9.17) is 5.73 Å². The van der Waals surface area contributed by atoms with Gasteiger partial charge in [0.25, 0.3) is 6.43 Å². The molecule has 0 atom stereocenters. The number of alkyl halides is 2. The molecule has 0 aliphatic carbocycles. The Bertz CT molecular complexity index is 422. The number of rotatable bonds is 5. The van der Waals surface area contributed by atoms with Crippen LogP contribution in [0.25, 0.3) is 0 Å². The van der Waals surface area contributed by atoms with Crippen LogP contribution >= 0.6 is 0 Å². The highest BCUT2D eigenvalue weighted by molar-refractivity contribution is 5.76. The Kier molecular flexibility index (Phi) is 4.88. The summed E-state index contributed by atoms with van der Waals surface area (Å²) < 4.78 is 25.5. The van der Waals surface area contributed by atoms with Crippen molar-refractivity contribution in [2.75, 3.05) is 31.7 Å². The maximum absolute atomic E-state index is 12.8. The molecule has 0 aliphatic rings. The van der Waals surface area contributed by atoms with Gasteiger partial charge in [-0.25, -0.2) is 8.78 Å². The van der Waals surface area contributed by atoms with Crippen LogP contribution in [-0.2, 0) is 4.79 Å². The minimum Gasteiger partial charge on any atom is -0.399 e. The third-order valence-corrected chi connectivity index (χ3v) is 2.46. The molecule has 0 saturated heterocycles. The van der Waals surface area contributed by atoms with E-state index in [0.29, 0.717) is 17.9 Å². The van der Waals surface area contributed by atoms with Gasteiger partial charge in [0, 0.05) is 44.0 Å². The topological polar surface area (TPSA) is 58.4 Å². The zero-order valence-corrected chi connectivity index (χ0v) is 10.4. The molecule has 3 N–H and O–H groups in total. The minimum absolute atomic E-state index is 0.0588. The molecular formula is C12H17F2N3O. The Morgan fingerprint density at radius 1 is 1.44 bits per heavy atom. The maximum Gasteiger partial charge on any atom is 0.265 e. The highest BCUT2D eigenvalue weighted by Gasteiger charge is 2.13. The average Bonchev–Trinajstić information content (AvgIpc) is 2.30. The van der Waals surface area contributed by atoms with Gasteiger partial charge >= 0.3 is 0 Å². The van der Waals surface area contributed by atoms with E-state index in [1.807, 2.05) is 0 Å². The molecule has 0 aromatic heterocycles. The molecule has 0 heterocycles. The lowest BCUT2D eigenvalue weighted by molar-refractivity contribution is -0.128. The van der Waals surface area contributed by atoms with Gasteiger partial charge in [-0.3, -0.25) is 4.79 Å².